The lowest BCUT2D eigenvalue weighted by Gasteiger charge is -2.33. The van der Waals surface area contributed by atoms with E-state index in [-0.39, 0.29) is 11.5 Å². The van der Waals surface area contributed by atoms with Gasteiger partial charge in [-0.25, -0.2) is 4.98 Å². The molecular formula is C26H30Cl2N4O2S. The van der Waals surface area contributed by atoms with E-state index in [0.29, 0.717) is 44.4 Å². The van der Waals surface area contributed by atoms with Gasteiger partial charge < -0.3 is 10.2 Å². The van der Waals surface area contributed by atoms with Crippen molar-refractivity contribution in [3.63, 3.8) is 0 Å². The number of hydrogen-bond acceptors (Lipinski definition) is 5. The van der Waals surface area contributed by atoms with E-state index in [4.69, 9.17) is 28.2 Å². The molecule has 2 aromatic carbocycles. The number of rotatable bonds is 8. The number of likely N-dealkylation sites (tertiary alicyclic amines) is 1. The van der Waals surface area contributed by atoms with Crippen LogP contribution in [0, 0.1) is 0 Å². The van der Waals surface area contributed by atoms with Gasteiger partial charge in [0, 0.05) is 24.2 Å². The quantitative estimate of drug-likeness (QED) is 0.234. The van der Waals surface area contributed by atoms with E-state index in [0.717, 1.165) is 19.5 Å². The number of benzene rings is 2. The van der Waals surface area contributed by atoms with Gasteiger partial charge in [-0.2, -0.15) is 0 Å². The van der Waals surface area contributed by atoms with Crippen molar-refractivity contribution >= 4 is 51.8 Å². The summed E-state index contributed by atoms with van der Waals surface area (Å²) in [5, 5.41) is 4.29. The lowest BCUT2D eigenvalue weighted by atomic mass is 10.0. The normalized spacial score (nSPS) is 17.4. The van der Waals surface area contributed by atoms with Crippen molar-refractivity contribution in [3.8, 4) is 5.69 Å². The van der Waals surface area contributed by atoms with Crippen LogP contribution in [0.5, 0.6) is 0 Å². The first-order valence-electron chi connectivity index (χ1n) is 12.0. The fourth-order valence-corrected chi connectivity index (χ4v) is 5.84. The summed E-state index contributed by atoms with van der Waals surface area (Å²) in [7, 11) is 0. The number of carbonyl (C=O) groups is 1. The molecule has 0 radical (unpaired) electrons. The summed E-state index contributed by atoms with van der Waals surface area (Å²) in [4.78, 5) is 33.5. The smallest absolute Gasteiger partial charge is 0.266 e. The molecule has 1 saturated heterocycles. The van der Waals surface area contributed by atoms with Crippen molar-refractivity contribution in [3.05, 3.63) is 62.9 Å². The number of piperidine rings is 1. The topological polar surface area (TPSA) is 67.2 Å². The van der Waals surface area contributed by atoms with Crippen LogP contribution < -0.4 is 10.9 Å². The van der Waals surface area contributed by atoms with Crippen molar-refractivity contribution < 1.29 is 4.79 Å². The van der Waals surface area contributed by atoms with Gasteiger partial charge in [-0.05, 0) is 70.0 Å². The second-order valence-electron chi connectivity index (χ2n) is 8.93. The highest BCUT2D eigenvalue weighted by Crippen LogP contribution is 2.29. The average molecular weight is 534 g/mol. The van der Waals surface area contributed by atoms with Crippen molar-refractivity contribution in [2.45, 2.75) is 56.0 Å². The Kier molecular flexibility index (Phi) is 8.76. The van der Waals surface area contributed by atoms with Gasteiger partial charge >= 0.3 is 0 Å². The van der Waals surface area contributed by atoms with Crippen LogP contribution in [0.25, 0.3) is 16.6 Å². The Bertz CT molecular complexity index is 1270. The van der Waals surface area contributed by atoms with Gasteiger partial charge in [-0.15, -0.1) is 0 Å². The minimum Gasteiger partial charge on any atom is -0.355 e. The fourth-order valence-electron chi connectivity index (χ4n) is 4.41. The monoisotopic (exact) mass is 532 g/mol. The zero-order valence-electron chi connectivity index (χ0n) is 20.0. The first-order chi connectivity index (χ1) is 16.8. The number of hydrogen-bond donors (Lipinski definition) is 1. The molecular weight excluding hydrogens is 503 g/mol. The molecule has 3 aromatic rings. The summed E-state index contributed by atoms with van der Waals surface area (Å²) >= 11 is 13.8. The molecule has 0 saturated carbocycles. The van der Waals surface area contributed by atoms with Gasteiger partial charge in [0.05, 0.1) is 26.9 Å². The third-order valence-corrected chi connectivity index (χ3v) is 8.00. The number of nitrogens with one attached hydrogen (secondary N) is 1. The van der Waals surface area contributed by atoms with Gasteiger partial charge in [-0.3, -0.25) is 14.2 Å². The van der Waals surface area contributed by atoms with Crippen LogP contribution in [0.2, 0.25) is 10.0 Å². The molecule has 1 fully saturated rings. The standard InChI is InChI=1S/C26H30Cl2N4O2S/c1-17-8-5-6-14-31(17)15-7-13-29-24(33)18(2)35-26-30-22-10-4-3-9-20(22)25(34)32(26)23-12-11-19(27)16-21(23)28/h3-4,9-12,16-18H,5-8,13-15H2,1-2H3,(H,29,33). The van der Waals surface area contributed by atoms with E-state index >= 15 is 0 Å². The molecule has 2 unspecified atom stereocenters. The molecule has 35 heavy (non-hydrogen) atoms. The number of nitrogens with zero attached hydrogens (tertiary/aromatic N) is 3. The van der Waals surface area contributed by atoms with Crippen LogP contribution in [0.3, 0.4) is 0 Å². The molecule has 1 aliphatic heterocycles. The lowest BCUT2D eigenvalue weighted by molar-refractivity contribution is -0.120. The molecule has 1 aliphatic rings. The Morgan fingerprint density at radius 2 is 2.03 bits per heavy atom. The molecule has 0 spiro atoms. The van der Waals surface area contributed by atoms with Crippen molar-refractivity contribution in [2.24, 2.45) is 0 Å². The second-order valence-corrected chi connectivity index (χ2v) is 11.1. The minimum absolute atomic E-state index is 0.0853. The van der Waals surface area contributed by atoms with Crippen LogP contribution in [0.15, 0.2) is 52.4 Å². The molecule has 1 amide bonds. The second kappa shape index (κ2) is 11.8. The van der Waals surface area contributed by atoms with E-state index in [1.807, 2.05) is 13.0 Å². The summed E-state index contributed by atoms with van der Waals surface area (Å²) in [5.74, 6) is -0.0853. The summed E-state index contributed by atoms with van der Waals surface area (Å²) in [6, 6.07) is 12.7. The zero-order chi connectivity index (χ0) is 24.9. The number of thioether (sulfide) groups is 1. The van der Waals surface area contributed by atoms with E-state index in [2.05, 4.69) is 17.1 Å². The Hall–Kier alpha value is -2.06. The predicted octanol–water partition coefficient (Wildman–Crippen LogP) is 5.55. The Morgan fingerprint density at radius 3 is 2.80 bits per heavy atom. The highest BCUT2D eigenvalue weighted by Gasteiger charge is 2.22. The van der Waals surface area contributed by atoms with Gasteiger partial charge in [0.2, 0.25) is 5.91 Å². The van der Waals surface area contributed by atoms with Gasteiger partial charge in [0.15, 0.2) is 5.16 Å². The largest absolute Gasteiger partial charge is 0.355 e. The highest BCUT2D eigenvalue weighted by atomic mass is 35.5. The SMILES string of the molecule is CC(Sc1nc2ccccc2c(=O)n1-c1ccc(Cl)cc1Cl)C(=O)NCCCN1CCCCC1C. The van der Waals surface area contributed by atoms with Crippen LogP contribution in [0.1, 0.15) is 39.5 Å². The third kappa shape index (κ3) is 6.20. The molecule has 1 N–H and O–H groups in total. The molecule has 2 atom stereocenters. The van der Waals surface area contributed by atoms with E-state index in [9.17, 15) is 9.59 Å². The first-order valence-corrected chi connectivity index (χ1v) is 13.6. The maximum absolute atomic E-state index is 13.4. The average Bonchev–Trinajstić information content (AvgIpc) is 2.84. The van der Waals surface area contributed by atoms with E-state index < -0.39 is 5.25 Å². The summed E-state index contributed by atoms with van der Waals surface area (Å²) < 4.78 is 1.47. The zero-order valence-corrected chi connectivity index (χ0v) is 22.3. The Balaban J connectivity index is 1.50. The number of amides is 1. The van der Waals surface area contributed by atoms with Crippen LogP contribution in [-0.4, -0.2) is 51.3 Å². The number of fused-ring (bicyclic) bond motifs is 1. The summed E-state index contributed by atoms with van der Waals surface area (Å²) in [6.45, 7) is 6.85. The number of carbonyl (C=O) groups excluding carboxylic acids is 1. The third-order valence-electron chi connectivity index (χ3n) is 6.41. The molecule has 0 aliphatic carbocycles. The summed E-state index contributed by atoms with van der Waals surface area (Å²) in [6.07, 6.45) is 4.71. The van der Waals surface area contributed by atoms with Crippen molar-refractivity contribution in [1.82, 2.24) is 19.8 Å². The number of aromatic nitrogens is 2. The lowest BCUT2D eigenvalue weighted by Crippen LogP contribution is -2.40. The molecule has 6 nitrogen and oxygen atoms in total. The molecule has 9 heteroatoms. The Labute approximate surface area is 220 Å². The van der Waals surface area contributed by atoms with Crippen molar-refractivity contribution in [2.75, 3.05) is 19.6 Å². The van der Waals surface area contributed by atoms with Crippen LogP contribution in [-0.2, 0) is 4.79 Å². The van der Waals surface area contributed by atoms with Crippen LogP contribution in [0.4, 0.5) is 0 Å². The van der Waals surface area contributed by atoms with E-state index in [1.165, 1.54) is 35.6 Å². The van der Waals surface area contributed by atoms with E-state index in [1.54, 1.807) is 36.4 Å². The summed E-state index contributed by atoms with van der Waals surface area (Å²) in [5.41, 5.74) is 0.806. The highest BCUT2D eigenvalue weighted by molar-refractivity contribution is 8.00. The molecule has 186 valence electrons. The maximum atomic E-state index is 13.4. The first kappa shape index (κ1) is 26.0. The molecule has 1 aromatic heterocycles. The number of halogens is 2. The Morgan fingerprint density at radius 1 is 1.23 bits per heavy atom. The molecule has 2 heterocycles. The molecule has 0 bridgehead atoms. The van der Waals surface area contributed by atoms with Gasteiger partial charge in [0.1, 0.15) is 0 Å². The van der Waals surface area contributed by atoms with Gasteiger partial charge in [0.25, 0.3) is 5.56 Å². The predicted molar refractivity (Wildman–Crippen MR) is 145 cm³/mol. The number of para-hydroxylation sites is 1. The van der Waals surface area contributed by atoms with Gasteiger partial charge in [-0.1, -0.05) is 53.5 Å². The maximum Gasteiger partial charge on any atom is 0.266 e. The minimum atomic E-state index is -0.450. The van der Waals surface area contributed by atoms with Crippen LogP contribution >= 0.6 is 35.0 Å². The van der Waals surface area contributed by atoms with Crippen molar-refractivity contribution in [1.29, 1.82) is 0 Å². The fraction of sp³-hybridized carbons (Fsp3) is 0.423. The molecule has 4 rings (SSSR count).